The van der Waals surface area contributed by atoms with Gasteiger partial charge in [0.2, 0.25) is 0 Å². The third-order valence-corrected chi connectivity index (χ3v) is 11.9. The van der Waals surface area contributed by atoms with Crippen LogP contribution in [0.25, 0.3) is 52.9 Å². The van der Waals surface area contributed by atoms with Crippen molar-refractivity contribution in [2.45, 2.75) is 12.3 Å². The van der Waals surface area contributed by atoms with Gasteiger partial charge in [0.05, 0.1) is 5.69 Å². The van der Waals surface area contributed by atoms with Crippen LogP contribution in [0.4, 0.5) is 17.1 Å². The van der Waals surface area contributed by atoms with E-state index >= 15 is 0 Å². The molecule has 0 bridgehead atoms. The molecule has 234 valence electrons. The Kier molecular flexibility index (Phi) is 7.78. The van der Waals surface area contributed by atoms with Crippen LogP contribution in [0.3, 0.4) is 0 Å². The molecular weight excluding hydrogens is 631 g/mol. The average Bonchev–Trinajstić information content (AvgIpc) is 3.88. The van der Waals surface area contributed by atoms with Gasteiger partial charge in [0, 0.05) is 42.2 Å². The van der Waals surface area contributed by atoms with Gasteiger partial charge >= 0.3 is 0 Å². The number of allylic oxidation sites excluding steroid dienone is 4. The van der Waals surface area contributed by atoms with E-state index in [0.29, 0.717) is 5.92 Å². The third-order valence-electron chi connectivity index (χ3n) is 9.44. The molecule has 1 aliphatic carbocycles. The fourth-order valence-electron chi connectivity index (χ4n) is 6.95. The summed E-state index contributed by atoms with van der Waals surface area (Å²) >= 11 is 3.74. The number of rotatable bonds is 7. The molecule has 2 aromatic heterocycles. The molecule has 0 amide bonds. The van der Waals surface area contributed by atoms with E-state index in [9.17, 15) is 0 Å². The van der Waals surface area contributed by atoms with E-state index in [1.54, 1.807) is 0 Å². The first kappa shape index (κ1) is 29.6. The zero-order chi connectivity index (χ0) is 32.6. The van der Waals surface area contributed by atoms with E-state index in [0.717, 1.165) is 17.8 Å². The number of hydrogen-bond acceptors (Lipinski definition) is 3. The molecule has 1 aliphatic rings. The Labute approximate surface area is 295 Å². The number of nitrogens with zero attached hydrogens (tertiary/aromatic N) is 1. The summed E-state index contributed by atoms with van der Waals surface area (Å²) < 4.78 is 0. The lowest BCUT2D eigenvalue weighted by Gasteiger charge is -2.28. The van der Waals surface area contributed by atoms with Crippen molar-refractivity contribution in [1.29, 1.82) is 0 Å². The van der Waals surface area contributed by atoms with Crippen LogP contribution in [0.15, 0.2) is 182 Å². The van der Waals surface area contributed by atoms with Crippen LogP contribution >= 0.6 is 22.7 Å². The maximum Gasteiger partial charge on any atom is 0.0546 e. The Bertz CT molecular complexity index is 2460. The van der Waals surface area contributed by atoms with Crippen LogP contribution in [-0.2, 0) is 0 Å². The maximum absolute atomic E-state index is 2.42. The van der Waals surface area contributed by atoms with Crippen LogP contribution < -0.4 is 4.90 Å². The highest BCUT2D eigenvalue weighted by atomic mass is 32.1. The first-order valence-electron chi connectivity index (χ1n) is 16.8. The predicted octanol–water partition coefficient (Wildman–Crippen LogP) is 14.2. The maximum atomic E-state index is 2.42. The van der Waals surface area contributed by atoms with E-state index in [-0.39, 0.29) is 0 Å². The second-order valence-electron chi connectivity index (χ2n) is 12.5. The van der Waals surface area contributed by atoms with Crippen molar-refractivity contribution in [3.63, 3.8) is 0 Å². The highest BCUT2D eigenvalue weighted by Crippen LogP contribution is 2.44. The number of thiophene rings is 2. The Hall–Kier alpha value is -5.48. The van der Waals surface area contributed by atoms with Crippen molar-refractivity contribution < 1.29 is 0 Å². The molecule has 1 unspecified atom stereocenters. The van der Waals surface area contributed by atoms with Crippen LogP contribution in [0, 0.1) is 0 Å². The Balaban J connectivity index is 1.12. The van der Waals surface area contributed by atoms with Gasteiger partial charge in [-0.1, -0.05) is 127 Å². The summed E-state index contributed by atoms with van der Waals surface area (Å²) in [6.45, 7) is 0. The monoisotopic (exact) mass is 663 g/mol. The summed E-state index contributed by atoms with van der Waals surface area (Å²) in [6, 6.07) is 57.8. The standard InChI is InChI=1S/C46H33NS2/c1-3-11-32(12-4-1)43-27-29-45(48-43)34-19-23-37(24-20-34)47(42-31-36-15-7-8-16-39(36)40-17-9-10-18-41(40)42)38-25-21-35(22-26-38)46-30-28-44(49-46)33-13-5-2-6-14-33/h1-13,15-31,33H,14H2. The van der Waals surface area contributed by atoms with Gasteiger partial charge < -0.3 is 4.90 Å². The molecule has 0 radical (unpaired) electrons. The minimum Gasteiger partial charge on any atom is -0.310 e. The molecule has 0 N–H and O–H groups in total. The lowest BCUT2D eigenvalue weighted by atomic mass is 9.98. The van der Waals surface area contributed by atoms with Crippen LogP contribution in [0.1, 0.15) is 17.2 Å². The van der Waals surface area contributed by atoms with E-state index < -0.39 is 0 Å². The van der Waals surface area contributed by atoms with Gasteiger partial charge in [-0.3, -0.25) is 0 Å². The lowest BCUT2D eigenvalue weighted by molar-refractivity contribution is 0.873. The minimum atomic E-state index is 0.474. The van der Waals surface area contributed by atoms with E-state index in [1.165, 1.54) is 63.4 Å². The molecule has 0 saturated heterocycles. The first-order chi connectivity index (χ1) is 24.3. The molecule has 0 aliphatic heterocycles. The van der Waals surface area contributed by atoms with Crippen molar-refractivity contribution in [2.75, 3.05) is 4.90 Å². The number of fused-ring (bicyclic) bond motifs is 3. The second-order valence-corrected chi connectivity index (χ2v) is 14.7. The summed E-state index contributed by atoms with van der Waals surface area (Å²) in [5.41, 5.74) is 7.18. The number of benzene rings is 6. The quantitative estimate of drug-likeness (QED) is 0.153. The summed E-state index contributed by atoms with van der Waals surface area (Å²) in [7, 11) is 0. The molecule has 3 heteroatoms. The van der Waals surface area contributed by atoms with Gasteiger partial charge in [0.15, 0.2) is 0 Å². The van der Waals surface area contributed by atoms with Gasteiger partial charge in [-0.15, -0.1) is 22.7 Å². The molecule has 8 aromatic rings. The SMILES string of the molecule is C1=CCC(c2ccc(-c3ccc(N(c4ccc(-c5ccc(-c6ccccc6)s5)cc4)c4cc5ccccc5c5ccccc45)cc3)s2)C=C1. The van der Waals surface area contributed by atoms with Crippen molar-refractivity contribution >= 4 is 61.3 Å². The zero-order valence-electron chi connectivity index (χ0n) is 26.9. The van der Waals surface area contributed by atoms with Crippen LogP contribution in [0.5, 0.6) is 0 Å². The molecule has 0 fully saturated rings. The fraction of sp³-hybridized carbons (Fsp3) is 0.0435. The van der Waals surface area contributed by atoms with Gasteiger partial charge in [-0.05, 0) is 93.9 Å². The molecule has 0 saturated carbocycles. The molecule has 49 heavy (non-hydrogen) atoms. The Morgan fingerprint density at radius 3 is 1.71 bits per heavy atom. The molecule has 9 rings (SSSR count). The van der Waals surface area contributed by atoms with Crippen molar-refractivity contribution in [3.05, 3.63) is 187 Å². The normalized spacial score (nSPS) is 14.1. The third kappa shape index (κ3) is 5.72. The molecule has 2 heterocycles. The zero-order valence-corrected chi connectivity index (χ0v) is 28.5. The number of hydrogen-bond donors (Lipinski definition) is 0. The minimum absolute atomic E-state index is 0.474. The van der Waals surface area contributed by atoms with Gasteiger partial charge in [-0.25, -0.2) is 0 Å². The van der Waals surface area contributed by atoms with Gasteiger partial charge in [0.25, 0.3) is 0 Å². The van der Waals surface area contributed by atoms with Crippen molar-refractivity contribution in [2.24, 2.45) is 0 Å². The summed E-state index contributed by atoms with van der Waals surface area (Å²) in [4.78, 5) is 7.71. The Morgan fingerprint density at radius 1 is 0.469 bits per heavy atom. The largest absolute Gasteiger partial charge is 0.310 e. The van der Waals surface area contributed by atoms with E-state index in [1.807, 2.05) is 22.7 Å². The molecule has 0 spiro atoms. The predicted molar refractivity (Wildman–Crippen MR) is 214 cm³/mol. The van der Waals surface area contributed by atoms with E-state index in [2.05, 4.69) is 187 Å². The van der Waals surface area contributed by atoms with Crippen molar-refractivity contribution in [1.82, 2.24) is 0 Å². The molecular formula is C46H33NS2. The average molecular weight is 664 g/mol. The lowest BCUT2D eigenvalue weighted by Crippen LogP contribution is -2.10. The summed E-state index contributed by atoms with van der Waals surface area (Å²) in [5, 5.41) is 5.01. The van der Waals surface area contributed by atoms with E-state index in [4.69, 9.17) is 0 Å². The Morgan fingerprint density at radius 2 is 1.04 bits per heavy atom. The van der Waals surface area contributed by atoms with Gasteiger partial charge in [0.1, 0.15) is 0 Å². The smallest absolute Gasteiger partial charge is 0.0546 e. The second kappa shape index (κ2) is 12.9. The first-order valence-corrected chi connectivity index (χ1v) is 18.4. The van der Waals surface area contributed by atoms with Crippen molar-refractivity contribution in [3.8, 4) is 31.3 Å². The molecule has 6 aromatic carbocycles. The summed E-state index contributed by atoms with van der Waals surface area (Å²) in [6.07, 6.45) is 9.97. The topological polar surface area (TPSA) is 3.24 Å². The highest BCUT2D eigenvalue weighted by molar-refractivity contribution is 7.18. The van der Waals surface area contributed by atoms with Gasteiger partial charge in [-0.2, -0.15) is 0 Å². The van der Waals surface area contributed by atoms with Crippen LogP contribution in [0.2, 0.25) is 0 Å². The highest BCUT2D eigenvalue weighted by Gasteiger charge is 2.19. The molecule has 1 atom stereocenters. The summed E-state index contributed by atoms with van der Waals surface area (Å²) in [5.74, 6) is 0.474. The fourth-order valence-corrected chi connectivity index (χ4v) is 9.07. The molecule has 1 nitrogen and oxygen atoms in total. The number of anilines is 3. The van der Waals surface area contributed by atoms with Crippen LogP contribution in [-0.4, -0.2) is 0 Å².